The minimum absolute atomic E-state index is 0.141. The number of benzene rings is 2. The van der Waals surface area contributed by atoms with Gasteiger partial charge in [0.2, 0.25) is 0 Å². The van der Waals surface area contributed by atoms with Crippen molar-refractivity contribution in [2.75, 3.05) is 13.2 Å². The molecule has 1 saturated carbocycles. The van der Waals surface area contributed by atoms with Crippen LogP contribution >= 0.6 is 11.6 Å². The van der Waals surface area contributed by atoms with Gasteiger partial charge in [-0.3, -0.25) is 4.79 Å². The molecule has 0 saturated heterocycles. The highest BCUT2D eigenvalue weighted by Crippen LogP contribution is 2.29. The molecule has 1 aliphatic carbocycles. The highest BCUT2D eigenvalue weighted by Gasteiger charge is 2.23. The Labute approximate surface area is 167 Å². The van der Waals surface area contributed by atoms with Gasteiger partial charge >= 0.3 is 0 Å². The molecule has 2 N–H and O–H groups in total. The Morgan fingerprint density at radius 1 is 1.07 bits per heavy atom. The standard InChI is InChI=1S/C21H22ClF2NO3/c22-16-5-7-17(8-6-16)28-12-14-3-1-13(2-4-14)11-25-21(27)15-9-18(23)20(26)19(24)10-15/h5-10,13-14,26H,1-4,11-12H2,(H,25,27). The van der Waals surface area contributed by atoms with Crippen molar-refractivity contribution in [2.45, 2.75) is 25.7 Å². The van der Waals surface area contributed by atoms with Crippen molar-refractivity contribution < 1.29 is 23.4 Å². The Hall–Kier alpha value is -2.34. The number of carbonyl (C=O) groups excluding carboxylic acids is 1. The van der Waals surface area contributed by atoms with Gasteiger partial charge < -0.3 is 15.2 Å². The molecule has 0 radical (unpaired) electrons. The van der Waals surface area contributed by atoms with Crippen LogP contribution in [0.5, 0.6) is 11.5 Å². The molecule has 0 heterocycles. The molecule has 28 heavy (non-hydrogen) atoms. The lowest BCUT2D eigenvalue weighted by Gasteiger charge is -2.28. The summed E-state index contributed by atoms with van der Waals surface area (Å²) in [7, 11) is 0. The first-order chi connectivity index (χ1) is 13.4. The van der Waals surface area contributed by atoms with E-state index < -0.39 is 23.3 Å². The Balaban J connectivity index is 1.40. The highest BCUT2D eigenvalue weighted by atomic mass is 35.5. The summed E-state index contributed by atoms with van der Waals surface area (Å²) in [6.07, 6.45) is 3.90. The molecule has 1 amide bonds. The van der Waals surface area contributed by atoms with Gasteiger partial charge in [-0.2, -0.15) is 0 Å². The molecule has 0 aromatic heterocycles. The van der Waals surface area contributed by atoms with Crippen LogP contribution in [0.1, 0.15) is 36.0 Å². The first-order valence-electron chi connectivity index (χ1n) is 9.27. The SMILES string of the molecule is O=C(NCC1CCC(COc2ccc(Cl)cc2)CC1)c1cc(F)c(O)c(F)c1. The number of phenols is 1. The Bertz CT molecular complexity index is 798. The predicted octanol–water partition coefficient (Wildman–Crippen LogP) is 4.94. The molecule has 0 unspecified atom stereocenters. The number of amides is 1. The number of aromatic hydroxyl groups is 1. The maximum atomic E-state index is 13.4. The third kappa shape index (κ3) is 5.35. The van der Waals surface area contributed by atoms with Crippen LogP contribution in [0.3, 0.4) is 0 Å². The molecule has 1 aliphatic rings. The van der Waals surface area contributed by atoms with E-state index in [1.54, 1.807) is 12.1 Å². The van der Waals surface area contributed by atoms with Gasteiger partial charge in [-0.1, -0.05) is 11.6 Å². The van der Waals surface area contributed by atoms with Crippen molar-refractivity contribution >= 4 is 17.5 Å². The summed E-state index contributed by atoms with van der Waals surface area (Å²) in [4.78, 5) is 12.1. The van der Waals surface area contributed by atoms with Gasteiger partial charge in [-0.25, -0.2) is 8.78 Å². The normalized spacial score (nSPS) is 19.2. The van der Waals surface area contributed by atoms with Gasteiger partial charge in [0.15, 0.2) is 17.4 Å². The van der Waals surface area contributed by atoms with E-state index in [0.717, 1.165) is 43.6 Å². The van der Waals surface area contributed by atoms with E-state index >= 15 is 0 Å². The number of rotatable bonds is 6. The zero-order chi connectivity index (χ0) is 20.1. The molecule has 2 aromatic carbocycles. The third-order valence-electron chi connectivity index (χ3n) is 5.10. The predicted molar refractivity (Wildman–Crippen MR) is 103 cm³/mol. The van der Waals surface area contributed by atoms with Crippen molar-refractivity contribution in [1.82, 2.24) is 5.32 Å². The quantitative estimate of drug-likeness (QED) is 0.710. The van der Waals surface area contributed by atoms with Crippen LogP contribution in [0.2, 0.25) is 5.02 Å². The second-order valence-corrected chi connectivity index (χ2v) is 7.59. The summed E-state index contributed by atoms with van der Waals surface area (Å²) < 4.78 is 32.5. The molecule has 0 atom stereocenters. The third-order valence-corrected chi connectivity index (χ3v) is 5.35. The molecule has 0 spiro atoms. The minimum atomic E-state index is -1.15. The summed E-state index contributed by atoms with van der Waals surface area (Å²) in [6.45, 7) is 1.10. The van der Waals surface area contributed by atoms with E-state index in [1.165, 1.54) is 0 Å². The van der Waals surface area contributed by atoms with Crippen LogP contribution < -0.4 is 10.1 Å². The minimum Gasteiger partial charge on any atom is -0.503 e. The fourth-order valence-electron chi connectivity index (χ4n) is 3.38. The number of hydrogen-bond acceptors (Lipinski definition) is 3. The topological polar surface area (TPSA) is 58.6 Å². The van der Waals surface area contributed by atoms with Crippen LogP contribution in [0.15, 0.2) is 36.4 Å². The van der Waals surface area contributed by atoms with Gasteiger partial charge in [-0.05, 0) is 73.9 Å². The van der Waals surface area contributed by atoms with Crippen LogP contribution in [0, 0.1) is 23.5 Å². The summed E-state index contributed by atoms with van der Waals surface area (Å²) in [5.41, 5.74) is -0.141. The number of halogens is 3. The number of hydrogen-bond donors (Lipinski definition) is 2. The molecule has 3 rings (SSSR count). The lowest BCUT2D eigenvalue weighted by molar-refractivity contribution is 0.0937. The zero-order valence-corrected chi connectivity index (χ0v) is 16.0. The molecule has 0 aliphatic heterocycles. The monoisotopic (exact) mass is 409 g/mol. The van der Waals surface area contributed by atoms with Crippen LogP contribution in [-0.4, -0.2) is 24.2 Å². The largest absolute Gasteiger partial charge is 0.503 e. The number of carbonyl (C=O) groups is 1. The second kappa shape index (κ2) is 9.24. The fourth-order valence-corrected chi connectivity index (χ4v) is 3.51. The summed E-state index contributed by atoms with van der Waals surface area (Å²) >= 11 is 5.86. The zero-order valence-electron chi connectivity index (χ0n) is 15.3. The maximum absolute atomic E-state index is 13.4. The molecule has 150 valence electrons. The lowest BCUT2D eigenvalue weighted by atomic mass is 9.82. The molecular weight excluding hydrogens is 388 g/mol. The summed E-state index contributed by atoms with van der Waals surface area (Å²) in [5.74, 6) is -2.34. The maximum Gasteiger partial charge on any atom is 0.251 e. The van der Waals surface area contributed by atoms with E-state index in [0.29, 0.717) is 30.0 Å². The highest BCUT2D eigenvalue weighted by molar-refractivity contribution is 6.30. The lowest BCUT2D eigenvalue weighted by Crippen LogP contribution is -2.32. The van der Waals surface area contributed by atoms with E-state index in [9.17, 15) is 13.6 Å². The van der Waals surface area contributed by atoms with Gasteiger partial charge in [0.05, 0.1) is 6.61 Å². The number of ether oxygens (including phenoxy) is 1. The molecule has 7 heteroatoms. The van der Waals surface area contributed by atoms with Crippen molar-refractivity contribution in [2.24, 2.45) is 11.8 Å². The number of phenolic OH excluding ortho intramolecular Hbond substituents is 1. The first-order valence-corrected chi connectivity index (χ1v) is 9.64. The average Bonchev–Trinajstić information content (AvgIpc) is 2.70. The van der Waals surface area contributed by atoms with Crippen LogP contribution in [0.25, 0.3) is 0 Å². The Kier molecular flexibility index (Phi) is 6.73. The molecule has 1 fully saturated rings. The number of nitrogens with one attached hydrogen (secondary N) is 1. The van der Waals surface area contributed by atoms with E-state index in [2.05, 4.69) is 5.32 Å². The fraction of sp³-hybridized carbons (Fsp3) is 0.381. The molecule has 2 aromatic rings. The van der Waals surface area contributed by atoms with Crippen LogP contribution in [0.4, 0.5) is 8.78 Å². The first kappa shape index (κ1) is 20.4. The molecule has 0 bridgehead atoms. The second-order valence-electron chi connectivity index (χ2n) is 7.15. The van der Waals surface area contributed by atoms with E-state index in [4.69, 9.17) is 21.4 Å². The van der Waals surface area contributed by atoms with Gasteiger partial charge in [0.25, 0.3) is 5.91 Å². The molecule has 4 nitrogen and oxygen atoms in total. The van der Waals surface area contributed by atoms with Gasteiger partial charge in [-0.15, -0.1) is 0 Å². The average molecular weight is 410 g/mol. The Morgan fingerprint density at radius 2 is 1.64 bits per heavy atom. The summed E-state index contributed by atoms with van der Waals surface area (Å²) in [5, 5.41) is 12.5. The van der Waals surface area contributed by atoms with Crippen molar-refractivity contribution in [3.05, 3.63) is 58.6 Å². The van der Waals surface area contributed by atoms with Gasteiger partial charge in [0.1, 0.15) is 5.75 Å². The van der Waals surface area contributed by atoms with Crippen LogP contribution in [-0.2, 0) is 0 Å². The van der Waals surface area contributed by atoms with Gasteiger partial charge in [0, 0.05) is 17.1 Å². The van der Waals surface area contributed by atoms with Crippen molar-refractivity contribution in [3.63, 3.8) is 0 Å². The van der Waals surface area contributed by atoms with Crippen molar-refractivity contribution in [3.8, 4) is 11.5 Å². The smallest absolute Gasteiger partial charge is 0.251 e. The Morgan fingerprint density at radius 3 is 2.25 bits per heavy atom. The van der Waals surface area contributed by atoms with E-state index in [1.807, 2.05) is 12.1 Å². The molecular formula is C21H22ClF2NO3. The van der Waals surface area contributed by atoms with Crippen molar-refractivity contribution in [1.29, 1.82) is 0 Å². The van der Waals surface area contributed by atoms with E-state index in [-0.39, 0.29) is 5.56 Å². The summed E-state index contributed by atoms with van der Waals surface area (Å²) in [6, 6.07) is 8.94.